The van der Waals surface area contributed by atoms with Crippen LogP contribution in [0.4, 0.5) is 0 Å². The van der Waals surface area contributed by atoms with Crippen molar-refractivity contribution in [2.24, 2.45) is 5.92 Å². The quantitative estimate of drug-likeness (QED) is 0.606. The summed E-state index contributed by atoms with van der Waals surface area (Å²) >= 11 is 0. The van der Waals surface area contributed by atoms with Crippen molar-refractivity contribution in [1.82, 2.24) is 4.90 Å². The van der Waals surface area contributed by atoms with Crippen LogP contribution in [-0.4, -0.2) is 45.9 Å². The van der Waals surface area contributed by atoms with Crippen molar-refractivity contribution < 1.29 is 18.1 Å². The van der Waals surface area contributed by atoms with Crippen molar-refractivity contribution in [1.29, 1.82) is 0 Å². The lowest BCUT2D eigenvalue weighted by atomic mass is 10.2. The summed E-state index contributed by atoms with van der Waals surface area (Å²) in [7, 11) is 1.82. The first-order valence-electron chi connectivity index (χ1n) is 4.99. The van der Waals surface area contributed by atoms with Crippen LogP contribution in [0.3, 0.4) is 0 Å². The minimum Gasteiger partial charge on any atom is -0.307 e. The molecule has 0 aliphatic carbocycles. The van der Waals surface area contributed by atoms with Gasteiger partial charge < -0.3 is 4.90 Å². The van der Waals surface area contributed by atoms with Crippen LogP contribution >= 0.6 is 7.82 Å². The molecular weight excluding hydrogens is 217 g/mol. The number of phosphoric acid groups is 1. The van der Waals surface area contributed by atoms with Gasteiger partial charge in [-0.25, -0.2) is 4.57 Å². The van der Waals surface area contributed by atoms with Crippen LogP contribution in [0.25, 0.3) is 0 Å². The third-order valence-corrected chi connectivity index (χ3v) is 2.99. The summed E-state index contributed by atoms with van der Waals surface area (Å²) in [4.78, 5) is 1.93. The van der Waals surface area contributed by atoms with Gasteiger partial charge in [-0.15, -0.1) is 0 Å². The summed E-state index contributed by atoms with van der Waals surface area (Å²) < 4.78 is 26.8. The van der Waals surface area contributed by atoms with Crippen molar-refractivity contribution >= 4 is 7.82 Å². The minimum absolute atomic E-state index is 0.297. The van der Waals surface area contributed by atoms with Gasteiger partial charge in [0.1, 0.15) is 0 Å². The number of hydrogen-bond acceptors (Lipinski definition) is 5. The average molecular weight is 239 g/mol. The average Bonchev–Trinajstić information content (AvgIpc) is 2.14. The Labute approximate surface area is 92.3 Å². The summed E-state index contributed by atoms with van der Waals surface area (Å²) in [6.07, 6.45) is 0. The van der Waals surface area contributed by atoms with Crippen molar-refractivity contribution in [3.05, 3.63) is 0 Å². The van der Waals surface area contributed by atoms with Gasteiger partial charge in [0, 0.05) is 13.7 Å². The first kappa shape index (κ1) is 15.1. The molecule has 5 nitrogen and oxygen atoms in total. The van der Waals surface area contributed by atoms with Gasteiger partial charge >= 0.3 is 7.82 Å². The van der Waals surface area contributed by atoms with Crippen LogP contribution in [0.2, 0.25) is 0 Å². The molecule has 0 aromatic carbocycles. The first-order chi connectivity index (χ1) is 6.89. The maximum atomic E-state index is 11.8. The Morgan fingerprint density at radius 1 is 1.27 bits per heavy atom. The second-order valence-electron chi connectivity index (χ2n) is 3.96. The van der Waals surface area contributed by atoms with E-state index in [1.165, 1.54) is 7.11 Å². The summed E-state index contributed by atoms with van der Waals surface area (Å²) in [5, 5.41) is 0. The Morgan fingerprint density at radius 3 is 2.27 bits per heavy atom. The van der Waals surface area contributed by atoms with E-state index < -0.39 is 7.82 Å². The number of likely N-dealkylation sites (N-methyl/N-ethyl adjacent to an activating group) is 1. The molecule has 0 radical (unpaired) electrons. The lowest BCUT2D eigenvalue weighted by molar-refractivity contribution is 0.114. The molecule has 15 heavy (non-hydrogen) atoms. The van der Waals surface area contributed by atoms with Gasteiger partial charge in [-0.2, -0.15) is 0 Å². The van der Waals surface area contributed by atoms with Crippen LogP contribution in [0.15, 0.2) is 0 Å². The monoisotopic (exact) mass is 239 g/mol. The van der Waals surface area contributed by atoms with Crippen LogP contribution in [-0.2, 0) is 18.1 Å². The van der Waals surface area contributed by atoms with Gasteiger partial charge in [0.2, 0.25) is 0 Å². The SMILES string of the molecule is COP(=O)(OCCN(C)C)OCC(C)C. The molecule has 6 heteroatoms. The lowest BCUT2D eigenvalue weighted by Gasteiger charge is -2.18. The van der Waals surface area contributed by atoms with E-state index >= 15 is 0 Å². The van der Waals surface area contributed by atoms with Gasteiger partial charge in [-0.05, 0) is 20.0 Å². The topological polar surface area (TPSA) is 48.0 Å². The van der Waals surface area contributed by atoms with Crippen molar-refractivity contribution in [2.45, 2.75) is 13.8 Å². The molecule has 92 valence electrons. The third kappa shape index (κ3) is 7.94. The molecule has 0 aliphatic rings. The second-order valence-corrected chi connectivity index (χ2v) is 5.73. The fourth-order valence-corrected chi connectivity index (χ4v) is 1.79. The van der Waals surface area contributed by atoms with Crippen LogP contribution in [0.5, 0.6) is 0 Å². The van der Waals surface area contributed by atoms with Gasteiger partial charge in [-0.3, -0.25) is 13.6 Å². The number of hydrogen-bond donors (Lipinski definition) is 0. The Balaban J connectivity index is 3.91. The van der Waals surface area contributed by atoms with E-state index in [0.717, 1.165) is 0 Å². The van der Waals surface area contributed by atoms with Crippen LogP contribution < -0.4 is 0 Å². The van der Waals surface area contributed by atoms with E-state index in [1.54, 1.807) is 0 Å². The van der Waals surface area contributed by atoms with Crippen molar-refractivity contribution in [3.8, 4) is 0 Å². The predicted octanol–water partition coefficient (Wildman–Crippen LogP) is 1.99. The van der Waals surface area contributed by atoms with Gasteiger partial charge in [-0.1, -0.05) is 13.8 Å². The Bertz CT molecular complexity index is 208. The van der Waals surface area contributed by atoms with E-state index in [9.17, 15) is 4.57 Å². The summed E-state index contributed by atoms with van der Waals surface area (Å²) in [6.45, 7) is 5.32. The molecule has 0 amide bonds. The van der Waals surface area contributed by atoms with Crippen LogP contribution in [0.1, 0.15) is 13.8 Å². The highest BCUT2D eigenvalue weighted by Crippen LogP contribution is 2.48. The molecular formula is C9H22NO4P. The van der Waals surface area contributed by atoms with E-state index in [2.05, 4.69) is 0 Å². The number of rotatable bonds is 8. The van der Waals surface area contributed by atoms with Crippen LogP contribution in [0, 0.1) is 5.92 Å². The Hall–Kier alpha value is 0.0700. The fraction of sp³-hybridized carbons (Fsp3) is 1.00. The van der Waals surface area contributed by atoms with E-state index in [-0.39, 0.29) is 0 Å². The molecule has 1 unspecified atom stereocenters. The lowest BCUT2D eigenvalue weighted by Crippen LogP contribution is -2.18. The smallest absolute Gasteiger partial charge is 0.307 e. The fourth-order valence-electron chi connectivity index (χ4n) is 0.718. The third-order valence-electron chi connectivity index (χ3n) is 1.58. The molecule has 0 aromatic heterocycles. The molecule has 0 N–H and O–H groups in total. The predicted molar refractivity (Wildman–Crippen MR) is 59.9 cm³/mol. The molecule has 0 spiro atoms. The van der Waals surface area contributed by atoms with Crippen molar-refractivity contribution in [3.63, 3.8) is 0 Å². The van der Waals surface area contributed by atoms with E-state index in [1.807, 2.05) is 32.8 Å². The summed E-state index contributed by atoms with van der Waals surface area (Å²) in [6, 6.07) is 0. The summed E-state index contributed by atoms with van der Waals surface area (Å²) in [5.74, 6) is 0.297. The van der Waals surface area contributed by atoms with Gasteiger partial charge in [0.25, 0.3) is 0 Å². The molecule has 0 aromatic rings. The molecule has 0 rings (SSSR count). The number of phosphoric ester groups is 1. The summed E-state index contributed by atoms with van der Waals surface area (Å²) in [5.41, 5.74) is 0. The largest absolute Gasteiger partial charge is 0.474 e. The maximum absolute atomic E-state index is 11.8. The standard InChI is InChI=1S/C9H22NO4P/c1-9(2)8-14-15(11,12-5)13-7-6-10(3)4/h9H,6-8H2,1-5H3. The maximum Gasteiger partial charge on any atom is 0.474 e. The highest BCUT2D eigenvalue weighted by atomic mass is 31.2. The van der Waals surface area contributed by atoms with Crippen molar-refractivity contribution in [2.75, 3.05) is 41.0 Å². The first-order valence-corrected chi connectivity index (χ1v) is 6.45. The molecule has 0 heterocycles. The normalized spacial score (nSPS) is 15.9. The molecule has 1 atom stereocenters. The zero-order chi connectivity index (χ0) is 11.9. The second kappa shape index (κ2) is 7.36. The van der Waals surface area contributed by atoms with E-state index in [0.29, 0.717) is 25.7 Å². The Morgan fingerprint density at radius 2 is 1.87 bits per heavy atom. The molecule has 0 saturated carbocycles. The van der Waals surface area contributed by atoms with E-state index in [4.69, 9.17) is 13.6 Å². The molecule has 0 saturated heterocycles. The zero-order valence-corrected chi connectivity index (χ0v) is 11.1. The molecule has 0 aliphatic heterocycles. The molecule has 0 fully saturated rings. The minimum atomic E-state index is -3.34. The van der Waals surface area contributed by atoms with Gasteiger partial charge in [0.05, 0.1) is 13.2 Å². The highest BCUT2D eigenvalue weighted by molar-refractivity contribution is 7.48. The molecule has 0 bridgehead atoms. The zero-order valence-electron chi connectivity index (χ0n) is 10.2. The van der Waals surface area contributed by atoms with Gasteiger partial charge in [0.15, 0.2) is 0 Å². The number of nitrogens with zero attached hydrogens (tertiary/aromatic N) is 1. The Kier molecular flexibility index (Phi) is 7.40. The highest BCUT2D eigenvalue weighted by Gasteiger charge is 2.24.